The molecule has 0 aliphatic rings. The third-order valence-corrected chi connectivity index (χ3v) is 2.18. The van der Waals surface area contributed by atoms with Crippen molar-refractivity contribution in [3.8, 4) is 5.75 Å². The quantitative estimate of drug-likeness (QED) is 0.777. The summed E-state index contributed by atoms with van der Waals surface area (Å²) < 4.78 is 0. The Morgan fingerprint density at radius 1 is 1.44 bits per heavy atom. The zero-order valence-corrected chi connectivity index (χ0v) is 9.25. The normalized spacial score (nSPS) is 13.2. The maximum atomic E-state index is 11.3. The fourth-order valence-corrected chi connectivity index (χ4v) is 1.27. The minimum absolute atomic E-state index is 0.104. The van der Waals surface area contributed by atoms with Crippen molar-refractivity contribution in [2.75, 3.05) is 0 Å². The molecule has 1 N–H and O–H groups in total. The predicted molar refractivity (Wildman–Crippen MR) is 59.7 cm³/mol. The van der Waals surface area contributed by atoms with Gasteiger partial charge in [-0.15, -0.1) is 5.75 Å². The molecule has 0 aliphatic carbocycles. The highest BCUT2D eigenvalue weighted by Gasteiger charge is 2.19. The second-order valence-corrected chi connectivity index (χ2v) is 3.84. The number of aliphatic imine (C=N–C) groups is 1. The van der Waals surface area contributed by atoms with Crippen molar-refractivity contribution >= 4 is 12.2 Å². The summed E-state index contributed by atoms with van der Waals surface area (Å²) in [6.07, 6.45) is 1.33. The minimum atomic E-state index is -0.977. The molecule has 1 unspecified atom stereocenters. The second-order valence-electron chi connectivity index (χ2n) is 3.84. The fraction of sp³-hybridized carbons (Fsp3) is 0.333. The van der Waals surface area contributed by atoms with Crippen LogP contribution >= 0.6 is 0 Å². The van der Waals surface area contributed by atoms with Crippen LogP contribution in [0.2, 0.25) is 0 Å². The largest absolute Gasteiger partial charge is 0.872 e. The zero-order chi connectivity index (χ0) is 12.1. The van der Waals surface area contributed by atoms with Crippen LogP contribution in [0.25, 0.3) is 0 Å². The van der Waals surface area contributed by atoms with Crippen LogP contribution in [0.1, 0.15) is 19.4 Å². The summed E-state index contributed by atoms with van der Waals surface area (Å²) in [6, 6.07) is 5.59. The van der Waals surface area contributed by atoms with Gasteiger partial charge >= 0.3 is 5.97 Å². The molecule has 0 aromatic heterocycles. The molecule has 0 heterocycles. The average molecular weight is 220 g/mol. The van der Waals surface area contributed by atoms with Crippen molar-refractivity contribution in [2.24, 2.45) is 10.9 Å². The molecule has 1 aromatic rings. The molecule has 0 saturated carbocycles. The molecule has 0 amide bonds. The van der Waals surface area contributed by atoms with Gasteiger partial charge in [0, 0.05) is 6.21 Å². The van der Waals surface area contributed by atoms with Gasteiger partial charge in [0.05, 0.1) is 0 Å². The molecule has 0 radical (unpaired) electrons. The predicted octanol–water partition coefficient (Wildman–Crippen LogP) is 1.29. The van der Waals surface area contributed by atoms with E-state index < -0.39 is 12.0 Å². The average Bonchev–Trinajstić information content (AvgIpc) is 2.20. The molecule has 1 atom stereocenters. The lowest BCUT2D eigenvalue weighted by atomic mass is 10.1. The van der Waals surface area contributed by atoms with Gasteiger partial charge in [-0.2, -0.15) is 0 Å². The zero-order valence-electron chi connectivity index (χ0n) is 9.25. The minimum Gasteiger partial charge on any atom is -0.872 e. The molecular weight excluding hydrogens is 206 g/mol. The number of carboxylic acid groups (broad SMARTS) is 1. The molecule has 0 spiro atoms. The van der Waals surface area contributed by atoms with Gasteiger partial charge in [0.25, 0.3) is 0 Å². The van der Waals surface area contributed by atoms with E-state index in [9.17, 15) is 9.90 Å². The topological polar surface area (TPSA) is 72.7 Å². The Balaban J connectivity index is 2.87. The Kier molecular flexibility index (Phi) is 4.05. The van der Waals surface area contributed by atoms with Crippen LogP contribution in [-0.2, 0) is 4.79 Å². The Morgan fingerprint density at radius 3 is 2.56 bits per heavy atom. The van der Waals surface area contributed by atoms with Crippen LogP contribution in [-0.4, -0.2) is 23.3 Å². The first-order valence-electron chi connectivity index (χ1n) is 5.04. The number of rotatable bonds is 4. The first kappa shape index (κ1) is 12.2. The number of nitrogens with zero attached hydrogens (tertiary/aromatic N) is 1. The number of carbonyl (C=O) groups is 1. The van der Waals surface area contributed by atoms with Crippen molar-refractivity contribution in [3.63, 3.8) is 0 Å². The SMILES string of the molecule is CC(C)C(N=Cc1ccccc1[O-])C(=O)O. The van der Waals surface area contributed by atoms with Gasteiger partial charge in [0.2, 0.25) is 0 Å². The van der Waals surface area contributed by atoms with Crippen LogP contribution in [0.15, 0.2) is 29.3 Å². The number of hydrogen-bond donors (Lipinski definition) is 1. The van der Waals surface area contributed by atoms with Crippen molar-refractivity contribution < 1.29 is 15.0 Å². The van der Waals surface area contributed by atoms with Crippen LogP contribution < -0.4 is 5.11 Å². The molecule has 0 bridgehead atoms. The molecule has 1 rings (SSSR count). The van der Waals surface area contributed by atoms with E-state index in [4.69, 9.17) is 5.11 Å². The smallest absolute Gasteiger partial charge is 0.328 e. The number of benzene rings is 1. The molecule has 0 saturated heterocycles. The van der Waals surface area contributed by atoms with E-state index in [-0.39, 0.29) is 11.7 Å². The summed E-state index contributed by atoms with van der Waals surface area (Å²) in [6.45, 7) is 3.55. The van der Waals surface area contributed by atoms with Gasteiger partial charge in [0.1, 0.15) is 6.04 Å². The summed E-state index contributed by atoms with van der Waals surface area (Å²) in [7, 11) is 0. The van der Waals surface area contributed by atoms with E-state index >= 15 is 0 Å². The maximum Gasteiger partial charge on any atom is 0.328 e. The van der Waals surface area contributed by atoms with Gasteiger partial charge in [0.15, 0.2) is 0 Å². The van der Waals surface area contributed by atoms with Crippen LogP contribution in [0, 0.1) is 5.92 Å². The highest BCUT2D eigenvalue weighted by Crippen LogP contribution is 2.11. The lowest BCUT2D eigenvalue weighted by Gasteiger charge is -2.12. The summed E-state index contributed by atoms with van der Waals surface area (Å²) in [5, 5.41) is 20.2. The molecule has 16 heavy (non-hydrogen) atoms. The van der Waals surface area contributed by atoms with E-state index in [2.05, 4.69) is 4.99 Å². The van der Waals surface area contributed by atoms with Crippen LogP contribution in [0.4, 0.5) is 0 Å². The third kappa shape index (κ3) is 3.08. The van der Waals surface area contributed by atoms with Gasteiger partial charge in [-0.1, -0.05) is 38.1 Å². The van der Waals surface area contributed by atoms with Crippen molar-refractivity contribution in [2.45, 2.75) is 19.9 Å². The summed E-state index contributed by atoms with van der Waals surface area (Å²) in [5.41, 5.74) is 0.411. The molecule has 86 valence electrons. The highest BCUT2D eigenvalue weighted by molar-refractivity contribution is 5.85. The first-order valence-corrected chi connectivity index (χ1v) is 5.04. The third-order valence-electron chi connectivity index (χ3n) is 2.18. The van der Waals surface area contributed by atoms with E-state index in [0.717, 1.165) is 0 Å². The molecule has 0 fully saturated rings. The number of aliphatic carboxylic acids is 1. The van der Waals surface area contributed by atoms with Gasteiger partial charge < -0.3 is 10.2 Å². The Bertz CT molecular complexity index is 399. The summed E-state index contributed by atoms with van der Waals surface area (Å²) in [5.74, 6) is -1.23. The molecular formula is C12H14NO3-. The lowest BCUT2D eigenvalue weighted by Crippen LogP contribution is -2.24. The van der Waals surface area contributed by atoms with Crippen molar-refractivity contribution in [1.29, 1.82) is 0 Å². The molecule has 4 nitrogen and oxygen atoms in total. The Labute approximate surface area is 94.3 Å². The Morgan fingerprint density at radius 2 is 2.06 bits per heavy atom. The molecule has 1 aromatic carbocycles. The van der Waals surface area contributed by atoms with E-state index in [0.29, 0.717) is 5.56 Å². The van der Waals surface area contributed by atoms with Gasteiger partial charge in [-0.3, -0.25) is 4.99 Å². The fourth-order valence-electron chi connectivity index (χ4n) is 1.27. The van der Waals surface area contributed by atoms with E-state index in [1.807, 2.05) is 0 Å². The van der Waals surface area contributed by atoms with Crippen molar-refractivity contribution in [1.82, 2.24) is 0 Å². The number of hydrogen-bond acceptors (Lipinski definition) is 3. The Hall–Kier alpha value is -1.84. The van der Waals surface area contributed by atoms with E-state index in [1.165, 1.54) is 12.3 Å². The second kappa shape index (κ2) is 5.30. The van der Waals surface area contributed by atoms with Crippen molar-refractivity contribution in [3.05, 3.63) is 29.8 Å². The van der Waals surface area contributed by atoms with Crippen LogP contribution in [0.5, 0.6) is 5.75 Å². The van der Waals surface area contributed by atoms with Gasteiger partial charge in [-0.25, -0.2) is 4.79 Å². The highest BCUT2D eigenvalue weighted by atomic mass is 16.4. The maximum absolute atomic E-state index is 11.3. The first-order chi connectivity index (χ1) is 7.52. The summed E-state index contributed by atoms with van der Waals surface area (Å²) >= 11 is 0. The standard InChI is InChI=1S/C12H15NO3/c1-8(2)11(12(15)16)13-7-9-5-3-4-6-10(9)14/h3-8,11,14H,1-2H3,(H,15,16)/p-1. The van der Waals surface area contributed by atoms with Crippen LogP contribution in [0.3, 0.4) is 0 Å². The number of carboxylic acids is 1. The molecule has 0 aliphatic heterocycles. The molecule has 4 heteroatoms. The van der Waals surface area contributed by atoms with Gasteiger partial charge in [-0.05, 0) is 11.5 Å². The monoisotopic (exact) mass is 220 g/mol. The number of para-hydroxylation sites is 1. The summed E-state index contributed by atoms with van der Waals surface area (Å²) in [4.78, 5) is 14.8. The lowest BCUT2D eigenvalue weighted by molar-refractivity contribution is -0.268. The van der Waals surface area contributed by atoms with E-state index in [1.54, 1.807) is 32.0 Å².